The van der Waals surface area contributed by atoms with Gasteiger partial charge in [-0.25, -0.2) is 0 Å². The average molecular weight is 324 g/mol. The zero-order valence-electron chi connectivity index (χ0n) is 12.1. The fourth-order valence-corrected chi connectivity index (χ4v) is 5.57. The molecule has 2 saturated heterocycles. The molecule has 2 aliphatic heterocycles. The van der Waals surface area contributed by atoms with Crippen LogP contribution in [-0.2, 0) is 10.2 Å². The van der Waals surface area contributed by atoms with E-state index >= 15 is 0 Å². The maximum absolute atomic E-state index is 12.6. The highest BCUT2D eigenvalue weighted by Gasteiger charge is 2.46. The van der Waals surface area contributed by atoms with E-state index in [1.165, 1.54) is 0 Å². The van der Waals surface area contributed by atoms with Crippen molar-refractivity contribution in [1.29, 1.82) is 0 Å². The summed E-state index contributed by atoms with van der Waals surface area (Å²) >= 11 is 0. The first kappa shape index (κ1) is 16.5. The Labute approximate surface area is 128 Å². The average Bonchev–Trinajstić information content (AvgIpc) is 2.93. The molecule has 0 radical (unpaired) electrons. The second-order valence-electron chi connectivity index (χ2n) is 6.57. The minimum Gasteiger partial charge on any atom is -0.327 e. The molecule has 2 N–H and O–H groups in total. The molecule has 3 fully saturated rings. The van der Waals surface area contributed by atoms with Gasteiger partial charge in [0.25, 0.3) is 10.2 Å². The molecule has 3 aliphatic rings. The lowest BCUT2D eigenvalue weighted by Gasteiger charge is -2.32. The number of piperidine rings is 1. The highest BCUT2D eigenvalue weighted by Crippen LogP contribution is 2.39. The summed E-state index contributed by atoms with van der Waals surface area (Å²) < 4.78 is 28.7. The van der Waals surface area contributed by atoms with Crippen LogP contribution < -0.4 is 5.73 Å². The summed E-state index contributed by atoms with van der Waals surface area (Å²) in [5, 5.41) is 0. The highest BCUT2D eigenvalue weighted by atomic mass is 35.5. The molecule has 0 amide bonds. The van der Waals surface area contributed by atoms with Gasteiger partial charge in [0.05, 0.1) is 0 Å². The van der Waals surface area contributed by atoms with Gasteiger partial charge in [-0.2, -0.15) is 17.0 Å². The van der Waals surface area contributed by atoms with Crippen LogP contribution in [0.15, 0.2) is 0 Å². The molecule has 118 valence electrons. The highest BCUT2D eigenvalue weighted by molar-refractivity contribution is 7.86. The fraction of sp³-hybridized carbons (Fsp3) is 1.00. The Hall–Kier alpha value is 0.120. The van der Waals surface area contributed by atoms with E-state index in [0.29, 0.717) is 43.9 Å². The number of hydrogen-bond donors (Lipinski definition) is 1. The summed E-state index contributed by atoms with van der Waals surface area (Å²) in [6, 6.07) is 0.201. The van der Waals surface area contributed by atoms with Crippen molar-refractivity contribution in [2.45, 2.75) is 38.6 Å². The molecular formula is C13H26ClN3O2S. The molecule has 1 aliphatic carbocycles. The zero-order chi connectivity index (χ0) is 13.6. The van der Waals surface area contributed by atoms with Crippen LogP contribution in [0.1, 0.15) is 32.6 Å². The van der Waals surface area contributed by atoms with Crippen LogP contribution in [0.5, 0.6) is 0 Å². The number of hydrogen-bond acceptors (Lipinski definition) is 3. The van der Waals surface area contributed by atoms with Gasteiger partial charge in [-0.1, -0.05) is 6.92 Å². The predicted octanol–water partition coefficient (Wildman–Crippen LogP) is 1.05. The molecule has 7 heteroatoms. The van der Waals surface area contributed by atoms with Crippen molar-refractivity contribution < 1.29 is 8.42 Å². The van der Waals surface area contributed by atoms with Gasteiger partial charge in [-0.05, 0) is 43.4 Å². The number of halogens is 1. The van der Waals surface area contributed by atoms with E-state index in [-0.39, 0.29) is 18.4 Å². The molecule has 0 spiro atoms. The Morgan fingerprint density at radius 1 is 1.00 bits per heavy atom. The summed E-state index contributed by atoms with van der Waals surface area (Å²) in [5.41, 5.74) is 6.09. The van der Waals surface area contributed by atoms with E-state index in [1.54, 1.807) is 8.61 Å². The molecular weight excluding hydrogens is 298 g/mol. The molecule has 3 rings (SSSR count). The quantitative estimate of drug-likeness (QED) is 0.826. The standard InChI is InChI=1S/C13H25N3O2S.ClH/c1-10-4-6-15(7-5-10)19(17,18)16-8-11-2-3-13(14)12(11)9-16;/h10-13H,2-9,14H2,1H3;1H. The van der Waals surface area contributed by atoms with Gasteiger partial charge < -0.3 is 5.73 Å². The first-order valence-corrected chi connectivity index (χ1v) is 8.89. The maximum Gasteiger partial charge on any atom is 0.281 e. The predicted molar refractivity (Wildman–Crippen MR) is 81.9 cm³/mol. The zero-order valence-corrected chi connectivity index (χ0v) is 13.7. The summed E-state index contributed by atoms with van der Waals surface area (Å²) in [4.78, 5) is 0. The SMILES string of the molecule is CC1CCN(S(=O)(=O)N2CC3CCC(N)C3C2)CC1.Cl. The monoisotopic (exact) mass is 323 g/mol. The van der Waals surface area contributed by atoms with Crippen LogP contribution in [-0.4, -0.2) is 49.2 Å². The van der Waals surface area contributed by atoms with Crippen molar-refractivity contribution in [2.75, 3.05) is 26.2 Å². The maximum atomic E-state index is 12.6. The second kappa shape index (κ2) is 6.08. The Bertz CT molecular complexity index is 437. The van der Waals surface area contributed by atoms with Gasteiger partial charge in [-0.3, -0.25) is 0 Å². The molecule has 2 heterocycles. The lowest BCUT2D eigenvalue weighted by Crippen LogP contribution is -2.46. The summed E-state index contributed by atoms with van der Waals surface area (Å²) in [5.74, 6) is 1.53. The number of nitrogens with two attached hydrogens (primary N) is 1. The van der Waals surface area contributed by atoms with Crippen LogP contribution >= 0.6 is 12.4 Å². The van der Waals surface area contributed by atoms with E-state index in [9.17, 15) is 8.42 Å². The smallest absolute Gasteiger partial charge is 0.281 e. The number of fused-ring (bicyclic) bond motifs is 1. The normalized spacial score (nSPS) is 36.8. The van der Waals surface area contributed by atoms with Crippen molar-refractivity contribution in [2.24, 2.45) is 23.5 Å². The van der Waals surface area contributed by atoms with Gasteiger partial charge in [0.15, 0.2) is 0 Å². The van der Waals surface area contributed by atoms with E-state index in [2.05, 4.69) is 6.92 Å². The lowest BCUT2D eigenvalue weighted by molar-refractivity contribution is 0.267. The fourth-order valence-electron chi connectivity index (χ4n) is 3.83. The Balaban J connectivity index is 0.00000147. The van der Waals surface area contributed by atoms with E-state index < -0.39 is 10.2 Å². The van der Waals surface area contributed by atoms with Crippen LogP contribution in [0.4, 0.5) is 0 Å². The van der Waals surface area contributed by atoms with Crippen molar-refractivity contribution in [3.63, 3.8) is 0 Å². The Kier molecular flexibility index (Phi) is 5.02. The van der Waals surface area contributed by atoms with Gasteiger partial charge in [0, 0.05) is 32.2 Å². The van der Waals surface area contributed by atoms with Crippen molar-refractivity contribution in [3.05, 3.63) is 0 Å². The Morgan fingerprint density at radius 3 is 2.25 bits per heavy atom. The molecule has 3 unspecified atom stereocenters. The molecule has 0 aromatic carbocycles. The summed E-state index contributed by atoms with van der Waals surface area (Å²) in [6.07, 6.45) is 4.12. The van der Waals surface area contributed by atoms with E-state index in [1.807, 2.05) is 0 Å². The third kappa shape index (κ3) is 2.86. The minimum absolute atomic E-state index is 0. The summed E-state index contributed by atoms with van der Waals surface area (Å²) in [6.45, 7) is 4.89. The molecule has 20 heavy (non-hydrogen) atoms. The third-order valence-corrected chi connectivity index (χ3v) is 7.24. The van der Waals surface area contributed by atoms with Gasteiger partial charge in [0.2, 0.25) is 0 Å². The molecule has 0 aromatic rings. The van der Waals surface area contributed by atoms with Crippen LogP contribution in [0.2, 0.25) is 0 Å². The van der Waals surface area contributed by atoms with Gasteiger partial charge >= 0.3 is 0 Å². The first-order chi connectivity index (χ1) is 8.98. The number of rotatable bonds is 2. The van der Waals surface area contributed by atoms with Crippen molar-refractivity contribution in [3.8, 4) is 0 Å². The van der Waals surface area contributed by atoms with Crippen LogP contribution in [0.3, 0.4) is 0 Å². The first-order valence-electron chi connectivity index (χ1n) is 7.49. The molecule has 5 nitrogen and oxygen atoms in total. The molecule has 3 atom stereocenters. The van der Waals surface area contributed by atoms with Crippen LogP contribution in [0.25, 0.3) is 0 Å². The third-order valence-electron chi connectivity index (χ3n) is 5.27. The van der Waals surface area contributed by atoms with E-state index in [4.69, 9.17) is 5.73 Å². The second-order valence-corrected chi connectivity index (χ2v) is 8.50. The van der Waals surface area contributed by atoms with Crippen molar-refractivity contribution in [1.82, 2.24) is 8.61 Å². The Morgan fingerprint density at radius 2 is 1.65 bits per heavy atom. The number of nitrogens with zero attached hydrogens (tertiary/aromatic N) is 2. The lowest BCUT2D eigenvalue weighted by atomic mass is 9.98. The minimum atomic E-state index is -3.24. The largest absolute Gasteiger partial charge is 0.327 e. The molecule has 0 aromatic heterocycles. The molecule has 0 bridgehead atoms. The topological polar surface area (TPSA) is 66.6 Å². The van der Waals surface area contributed by atoms with Gasteiger partial charge in [-0.15, -0.1) is 12.4 Å². The summed E-state index contributed by atoms with van der Waals surface area (Å²) in [7, 11) is -3.24. The van der Waals surface area contributed by atoms with Gasteiger partial charge in [0.1, 0.15) is 0 Å². The van der Waals surface area contributed by atoms with Crippen LogP contribution in [0, 0.1) is 17.8 Å². The van der Waals surface area contributed by atoms with Crippen molar-refractivity contribution >= 4 is 22.6 Å². The molecule has 1 saturated carbocycles. The van der Waals surface area contributed by atoms with E-state index in [0.717, 1.165) is 25.7 Å².